The van der Waals surface area contributed by atoms with E-state index in [0.717, 1.165) is 25.9 Å². The summed E-state index contributed by atoms with van der Waals surface area (Å²) in [6, 6.07) is -0.183. The zero-order valence-electron chi connectivity index (χ0n) is 8.95. The molecule has 2 rings (SSSR count). The molecule has 6 heteroatoms. The predicted molar refractivity (Wildman–Crippen MR) is 58.0 cm³/mol. The third kappa shape index (κ3) is 1.50. The first-order chi connectivity index (χ1) is 6.59. The zero-order valence-corrected chi connectivity index (χ0v) is 9.76. The van der Waals surface area contributed by atoms with Gasteiger partial charge in [-0.15, -0.1) is 12.4 Å². The number of imide groups is 1. The Bertz CT molecular complexity index is 289. The van der Waals surface area contributed by atoms with E-state index >= 15 is 0 Å². The number of piperidine rings is 1. The van der Waals surface area contributed by atoms with Gasteiger partial charge in [0.15, 0.2) is 0 Å². The van der Waals surface area contributed by atoms with Crippen molar-refractivity contribution in [3.05, 3.63) is 0 Å². The summed E-state index contributed by atoms with van der Waals surface area (Å²) >= 11 is 0. The van der Waals surface area contributed by atoms with E-state index in [1.807, 2.05) is 0 Å². The van der Waals surface area contributed by atoms with Crippen molar-refractivity contribution in [3.63, 3.8) is 0 Å². The first-order valence-electron chi connectivity index (χ1n) is 4.86. The van der Waals surface area contributed by atoms with E-state index in [1.165, 1.54) is 4.90 Å². The summed E-state index contributed by atoms with van der Waals surface area (Å²) in [4.78, 5) is 26.4. The topological polar surface area (TPSA) is 52.7 Å². The van der Waals surface area contributed by atoms with E-state index < -0.39 is 5.54 Å². The van der Waals surface area contributed by atoms with Crippen molar-refractivity contribution in [1.29, 1.82) is 0 Å². The number of hydrogen-bond acceptors (Lipinski definition) is 3. The SMILES string of the molecule is CN1C(=O)N(C)C2(CCNCC2)C1=O.Cl. The third-order valence-electron chi connectivity index (χ3n) is 3.35. The Kier molecular flexibility index (Phi) is 3.25. The molecule has 0 aliphatic carbocycles. The largest absolute Gasteiger partial charge is 0.327 e. The van der Waals surface area contributed by atoms with Gasteiger partial charge in [0.2, 0.25) is 0 Å². The van der Waals surface area contributed by atoms with E-state index in [1.54, 1.807) is 19.0 Å². The summed E-state index contributed by atoms with van der Waals surface area (Å²) in [5.41, 5.74) is -0.558. The highest BCUT2D eigenvalue weighted by Crippen LogP contribution is 2.33. The molecule has 0 aromatic carbocycles. The molecule has 2 aliphatic rings. The van der Waals surface area contributed by atoms with Crippen molar-refractivity contribution in [2.75, 3.05) is 27.2 Å². The number of urea groups is 1. The Hall–Kier alpha value is -0.810. The molecule has 5 nitrogen and oxygen atoms in total. The number of halogens is 1. The fourth-order valence-electron chi connectivity index (χ4n) is 2.34. The van der Waals surface area contributed by atoms with Crippen LogP contribution in [0, 0.1) is 0 Å². The summed E-state index contributed by atoms with van der Waals surface area (Å²) in [7, 11) is 3.27. The molecule has 0 unspecified atom stereocenters. The Morgan fingerprint density at radius 3 is 2.13 bits per heavy atom. The third-order valence-corrected chi connectivity index (χ3v) is 3.35. The lowest BCUT2D eigenvalue weighted by molar-refractivity contribution is -0.133. The van der Waals surface area contributed by atoms with Crippen LogP contribution in [-0.4, -0.2) is 54.5 Å². The summed E-state index contributed by atoms with van der Waals surface area (Å²) < 4.78 is 0. The van der Waals surface area contributed by atoms with Crippen LogP contribution in [-0.2, 0) is 4.79 Å². The maximum atomic E-state index is 11.9. The summed E-state index contributed by atoms with van der Waals surface area (Å²) in [6.45, 7) is 1.61. The number of nitrogens with one attached hydrogen (secondary N) is 1. The highest BCUT2D eigenvalue weighted by molar-refractivity contribution is 6.06. The van der Waals surface area contributed by atoms with Gasteiger partial charge in [0.1, 0.15) is 5.54 Å². The van der Waals surface area contributed by atoms with Gasteiger partial charge in [-0.05, 0) is 25.9 Å². The fourth-order valence-corrected chi connectivity index (χ4v) is 2.34. The maximum Gasteiger partial charge on any atom is 0.327 e. The van der Waals surface area contributed by atoms with Gasteiger partial charge < -0.3 is 10.2 Å². The maximum absolute atomic E-state index is 11.9. The van der Waals surface area contributed by atoms with Crippen molar-refractivity contribution in [1.82, 2.24) is 15.1 Å². The molecule has 3 amide bonds. The van der Waals surface area contributed by atoms with Crippen LogP contribution in [0.15, 0.2) is 0 Å². The molecular formula is C9H16ClN3O2. The molecule has 1 N–H and O–H groups in total. The molecule has 0 aromatic rings. The van der Waals surface area contributed by atoms with E-state index in [4.69, 9.17) is 0 Å². The Morgan fingerprint density at radius 2 is 1.73 bits per heavy atom. The molecule has 0 radical (unpaired) electrons. The number of likely N-dealkylation sites (N-methyl/N-ethyl adjacent to an activating group) is 2. The summed E-state index contributed by atoms with van der Waals surface area (Å²) in [5.74, 6) is -0.0495. The van der Waals surface area contributed by atoms with Crippen LogP contribution in [0.2, 0.25) is 0 Å². The van der Waals surface area contributed by atoms with Crippen LogP contribution >= 0.6 is 12.4 Å². The minimum Gasteiger partial charge on any atom is -0.317 e. The van der Waals surface area contributed by atoms with Gasteiger partial charge in [0.05, 0.1) is 0 Å². The Balaban J connectivity index is 0.00000112. The molecule has 0 bridgehead atoms. The van der Waals surface area contributed by atoms with E-state index in [0.29, 0.717) is 0 Å². The lowest BCUT2D eigenvalue weighted by Gasteiger charge is -2.36. The van der Waals surface area contributed by atoms with Crippen LogP contribution in [0.4, 0.5) is 4.79 Å². The molecule has 0 atom stereocenters. The first kappa shape index (κ1) is 12.3. The average molecular weight is 234 g/mol. The molecule has 2 saturated heterocycles. The van der Waals surface area contributed by atoms with Crippen molar-refractivity contribution in [3.8, 4) is 0 Å². The molecule has 0 aromatic heterocycles. The molecule has 2 aliphatic heterocycles. The minimum atomic E-state index is -0.558. The number of rotatable bonds is 0. The van der Waals surface area contributed by atoms with Crippen molar-refractivity contribution >= 4 is 24.3 Å². The van der Waals surface area contributed by atoms with Crippen molar-refractivity contribution in [2.24, 2.45) is 0 Å². The summed E-state index contributed by atoms with van der Waals surface area (Å²) in [5, 5.41) is 3.20. The predicted octanol–water partition coefficient (Wildman–Crippen LogP) is 0.0542. The second-order valence-electron chi connectivity index (χ2n) is 3.99. The van der Waals surface area contributed by atoms with Gasteiger partial charge in [-0.1, -0.05) is 0 Å². The summed E-state index contributed by atoms with van der Waals surface area (Å²) in [6.07, 6.45) is 1.44. The molecule has 15 heavy (non-hydrogen) atoms. The Labute approximate surface area is 95.2 Å². The highest BCUT2D eigenvalue weighted by Gasteiger charge is 2.54. The average Bonchev–Trinajstić information content (AvgIpc) is 2.37. The van der Waals surface area contributed by atoms with Gasteiger partial charge in [-0.25, -0.2) is 4.79 Å². The van der Waals surface area contributed by atoms with Crippen molar-refractivity contribution in [2.45, 2.75) is 18.4 Å². The van der Waals surface area contributed by atoms with Crippen LogP contribution in [0.5, 0.6) is 0 Å². The normalized spacial score (nSPS) is 24.7. The molecule has 0 saturated carbocycles. The van der Waals surface area contributed by atoms with Gasteiger partial charge in [-0.2, -0.15) is 0 Å². The lowest BCUT2D eigenvalue weighted by atomic mass is 9.87. The molecule has 2 heterocycles. The van der Waals surface area contributed by atoms with Crippen LogP contribution in [0.1, 0.15) is 12.8 Å². The standard InChI is InChI=1S/C9H15N3O2.ClH/c1-11-7(13)9(12(2)8(11)14)3-5-10-6-4-9;/h10H,3-6H2,1-2H3;1H. The zero-order chi connectivity index (χ0) is 10.3. The second kappa shape index (κ2) is 3.98. The number of amides is 3. The van der Waals surface area contributed by atoms with Gasteiger partial charge >= 0.3 is 6.03 Å². The highest BCUT2D eigenvalue weighted by atomic mass is 35.5. The number of carbonyl (C=O) groups excluding carboxylic acids is 2. The number of nitrogens with zero attached hydrogens (tertiary/aromatic N) is 2. The number of hydrogen-bond donors (Lipinski definition) is 1. The molecular weight excluding hydrogens is 218 g/mol. The molecule has 86 valence electrons. The van der Waals surface area contributed by atoms with Crippen molar-refractivity contribution < 1.29 is 9.59 Å². The monoisotopic (exact) mass is 233 g/mol. The van der Waals surface area contributed by atoms with Gasteiger partial charge in [0, 0.05) is 14.1 Å². The van der Waals surface area contributed by atoms with E-state index in [2.05, 4.69) is 5.32 Å². The lowest BCUT2D eigenvalue weighted by Crippen LogP contribution is -2.54. The Morgan fingerprint density at radius 1 is 1.20 bits per heavy atom. The van der Waals surface area contributed by atoms with Gasteiger partial charge in [0.25, 0.3) is 5.91 Å². The van der Waals surface area contributed by atoms with Gasteiger partial charge in [-0.3, -0.25) is 9.69 Å². The quantitative estimate of drug-likeness (QED) is 0.602. The second-order valence-corrected chi connectivity index (χ2v) is 3.99. The molecule has 1 spiro atoms. The molecule has 2 fully saturated rings. The smallest absolute Gasteiger partial charge is 0.317 e. The van der Waals surface area contributed by atoms with Crippen LogP contribution < -0.4 is 5.32 Å². The van der Waals surface area contributed by atoms with E-state index in [9.17, 15) is 9.59 Å². The first-order valence-corrected chi connectivity index (χ1v) is 4.86. The number of carbonyl (C=O) groups is 2. The van der Waals surface area contributed by atoms with Crippen LogP contribution in [0.25, 0.3) is 0 Å². The van der Waals surface area contributed by atoms with Crippen LogP contribution in [0.3, 0.4) is 0 Å². The fraction of sp³-hybridized carbons (Fsp3) is 0.778. The minimum absolute atomic E-state index is 0. The van der Waals surface area contributed by atoms with E-state index in [-0.39, 0.29) is 24.3 Å².